The minimum atomic E-state index is 0.470. The Labute approximate surface area is 117 Å². The van der Waals surface area contributed by atoms with E-state index in [-0.39, 0.29) is 0 Å². The molecule has 0 radical (unpaired) electrons. The molecule has 2 N–H and O–H groups in total. The van der Waals surface area contributed by atoms with Crippen LogP contribution in [-0.2, 0) is 0 Å². The van der Waals surface area contributed by atoms with Gasteiger partial charge in [0.2, 0.25) is 0 Å². The molecule has 2 rings (SSSR count). The molecule has 0 bridgehead atoms. The molecular weight excluding hydrogens is 294 g/mol. The molecule has 1 aliphatic rings. The molecule has 0 saturated carbocycles. The lowest BCUT2D eigenvalue weighted by atomic mass is 9.94. The molecule has 5 nitrogen and oxygen atoms in total. The zero-order chi connectivity index (χ0) is 13.1. The second-order valence-electron chi connectivity index (χ2n) is 4.91. The molecule has 0 aliphatic carbocycles. The lowest BCUT2D eigenvalue weighted by molar-refractivity contribution is 0.206. The number of hydrogen-bond donors (Lipinski definition) is 2. The molecule has 1 fully saturated rings. The Morgan fingerprint density at radius 2 is 2.11 bits per heavy atom. The van der Waals surface area contributed by atoms with E-state index in [4.69, 9.17) is 0 Å². The fraction of sp³-hybridized carbons (Fsp3) is 0.667. The summed E-state index contributed by atoms with van der Waals surface area (Å²) in [4.78, 5) is 10.8. The van der Waals surface area contributed by atoms with Crippen molar-refractivity contribution in [3.8, 4) is 0 Å². The van der Waals surface area contributed by atoms with Crippen molar-refractivity contribution in [2.45, 2.75) is 19.4 Å². The highest BCUT2D eigenvalue weighted by Crippen LogP contribution is 2.28. The van der Waals surface area contributed by atoms with Crippen LogP contribution in [0.25, 0.3) is 0 Å². The van der Waals surface area contributed by atoms with Crippen LogP contribution in [0, 0.1) is 5.92 Å². The maximum Gasteiger partial charge on any atom is 0.146 e. The smallest absolute Gasteiger partial charge is 0.146 e. The summed E-state index contributed by atoms with van der Waals surface area (Å²) in [6.07, 6.45) is 2.72. The normalized spacial score (nSPS) is 24.9. The predicted molar refractivity (Wildman–Crippen MR) is 78.0 cm³/mol. The molecule has 1 aromatic rings. The molecule has 0 amide bonds. The summed E-state index contributed by atoms with van der Waals surface area (Å²) >= 11 is 3.54. The van der Waals surface area contributed by atoms with Crippen LogP contribution in [0.15, 0.2) is 10.8 Å². The van der Waals surface area contributed by atoms with E-state index >= 15 is 0 Å². The maximum absolute atomic E-state index is 4.31. The SMILES string of the molecule is CNc1ncnc(NC2CCN(C)CC2C)c1Br. The largest absolute Gasteiger partial charge is 0.372 e. The number of hydrogen-bond acceptors (Lipinski definition) is 5. The summed E-state index contributed by atoms with van der Waals surface area (Å²) in [5.41, 5.74) is 0. The quantitative estimate of drug-likeness (QED) is 0.894. The molecule has 0 aromatic carbocycles. The number of rotatable bonds is 3. The van der Waals surface area contributed by atoms with E-state index in [1.807, 2.05) is 7.05 Å². The third-order valence-electron chi connectivity index (χ3n) is 3.46. The highest BCUT2D eigenvalue weighted by atomic mass is 79.9. The maximum atomic E-state index is 4.31. The Bertz CT molecular complexity index is 411. The Hall–Kier alpha value is -0.880. The van der Waals surface area contributed by atoms with E-state index in [1.54, 1.807) is 6.33 Å². The Balaban J connectivity index is 2.09. The molecule has 0 spiro atoms. The van der Waals surface area contributed by atoms with Crippen molar-refractivity contribution in [2.75, 3.05) is 37.8 Å². The van der Waals surface area contributed by atoms with Crippen LogP contribution in [0.5, 0.6) is 0 Å². The Morgan fingerprint density at radius 1 is 1.39 bits per heavy atom. The van der Waals surface area contributed by atoms with Crippen LogP contribution < -0.4 is 10.6 Å². The summed E-state index contributed by atoms with van der Waals surface area (Å²) in [5.74, 6) is 2.30. The summed E-state index contributed by atoms with van der Waals surface area (Å²) in [6, 6.07) is 0.470. The van der Waals surface area contributed by atoms with E-state index in [1.165, 1.54) is 0 Å². The standard InChI is InChI=1S/C12H20BrN5/c1-8-6-18(3)5-4-9(8)17-12-10(13)11(14-2)15-7-16-12/h7-9H,4-6H2,1-3H3,(H2,14,15,16,17). The molecule has 2 atom stereocenters. The molecular formula is C12H20BrN5. The van der Waals surface area contributed by atoms with Crippen LogP contribution in [0.4, 0.5) is 11.6 Å². The van der Waals surface area contributed by atoms with Crippen molar-refractivity contribution in [2.24, 2.45) is 5.92 Å². The van der Waals surface area contributed by atoms with Crippen LogP contribution in [0.3, 0.4) is 0 Å². The minimum absolute atomic E-state index is 0.470. The third-order valence-corrected chi connectivity index (χ3v) is 4.21. The molecule has 100 valence electrons. The van der Waals surface area contributed by atoms with Gasteiger partial charge in [-0.25, -0.2) is 9.97 Å². The summed E-state index contributed by atoms with van der Waals surface area (Å²) < 4.78 is 0.902. The van der Waals surface area contributed by atoms with Gasteiger partial charge in [-0.3, -0.25) is 0 Å². The fourth-order valence-corrected chi connectivity index (χ4v) is 2.91. The van der Waals surface area contributed by atoms with Gasteiger partial charge in [0.15, 0.2) is 0 Å². The number of halogens is 1. The van der Waals surface area contributed by atoms with Crippen molar-refractivity contribution < 1.29 is 0 Å². The first-order valence-electron chi connectivity index (χ1n) is 6.25. The number of piperidine rings is 1. The molecule has 1 aromatic heterocycles. The van der Waals surface area contributed by atoms with Crippen molar-refractivity contribution in [1.82, 2.24) is 14.9 Å². The van der Waals surface area contributed by atoms with Crippen molar-refractivity contribution in [3.05, 3.63) is 10.8 Å². The third kappa shape index (κ3) is 2.92. The number of nitrogens with one attached hydrogen (secondary N) is 2. The van der Waals surface area contributed by atoms with Gasteiger partial charge >= 0.3 is 0 Å². The van der Waals surface area contributed by atoms with E-state index in [9.17, 15) is 0 Å². The molecule has 6 heteroatoms. The number of anilines is 2. The van der Waals surface area contributed by atoms with Gasteiger partial charge in [0.1, 0.15) is 22.4 Å². The monoisotopic (exact) mass is 313 g/mol. The van der Waals surface area contributed by atoms with Crippen molar-refractivity contribution in [1.29, 1.82) is 0 Å². The highest BCUT2D eigenvalue weighted by molar-refractivity contribution is 9.10. The molecule has 2 unspecified atom stereocenters. The summed E-state index contributed by atoms with van der Waals surface area (Å²) in [5, 5.41) is 6.57. The van der Waals surface area contributed by atoms with Gasteiger partial charge in [-0.2, -0.15) is 0 Å². The topological polar surface area (TPSA) is 53.1 Å². The number of likely N-dealkylation sites (tertiary alicyclic amines) is 1. The van der Waals surface area contributed by atoms with Gasteiger partial charge in [0.25, 0.3) is 0 Å². The van der Waals surface area contributed by atoms with Crippen molar-refractivity contribution >= 4 is 27.6 Å². The second-order valence-corrected chi connectivity index (χ2v) is 5.71. The predicted octanol–water partition coefficient (Wildman–Crippen LogP) is 2.03. The average Bonchev–Trinajstić information content (AvgIpc) is 2.35. The van der Waals surface area contributed by atoms with Gasteiger partial charge in [-0.05, 0) is 41.9 Å². The zero-order valence-electron chi connectivity index (χ0n) is 11.1. The van der Waals surface area contributed by atoms with Gasteiger partial charge in [-0.15, -0.1) is 0 Å². The van der Waals surface area contributed by atoms with Gasteiger partial charge in [0.05, 0.1) is 0 Å². The second kappa shape index (κ2) is 5.84. The molecule has 18 heavy (non-hydrogen) atoms. The van der Waals surface area contributed by atoms with Crippen LogP contribution in [-0.4, -0.2) is 48.1 Å². The molecule has 2 heterocycles. The molecule has 1 aliphatic heterocycles. The first kappa shape index (κ1) is 13.5. The van der Waals surface area contributed by atoms with E-state index in [0.717, 1.165) is 35.6 Å². The summed E-state index contributed by atoms with van der Waals surface area (Å²) in [6.45, 7) is 4.53. The summed E-state index contributed by atoms with van der Waals surface area (Å²) in [7, 11) is 4.03. The number of aromatic nitrogens is 2. The van der Waals surface area contributed by atoms with Gasteiger partial charge < -0.3 is 15.5 Å². The van der Waals surface area contributed by atoms with E-state index in [2.05, 4.69) is 55.4 Å². The lowest BCUT2D eigenvalue weighted by Gasteiger charge is -2.35. The van der Waals surface area contributed by atoms with Gasteiger partial charge in [-0.1, -0.05) is 6.92 Å². The van der Waals surface area contributed by atoms with Crippen LogP contribution in [0.2, 0.25) is 0 Å². The highest BCUT2D eigenvalue weighted by Gasteiger charge is 2.25. The minimum Gasteiger partial charge on any atom is -0.372 e. The Kier molecular flexibility index (Phi) is 4.40. The first-order valence-corrected chi connectivity index (χ1v) is 7.04. The Morgan fingerprint density at radius 3 is 2.78 bits per heavy atom. The number of nitrogens with zero attached hydrogens (tertiary/aromatic N) is 3. The van der Waals surface area contributed by atoms with Gasteiger partial charge in [0, 0.05) is 19.6 Å². The van der Waals surface area contributed by atoms with E-state index in [0.29, 0.717) is 12.0 Å². The van der Waals surface area contributed by atoms with Crippen LogP contribution >= 0.6 is 15.9 Å². The zero-order valence-corrected chi connectivity index (χ0v) is 12.7. The average molecular weight is 314 g/mol. The molecule has 1 saturated heterocycles. The first-order chi connectivity index (χ1) is 8.61. The van der Waals surface area contributed by atoms with Crippen molar-refractivity contribution in [3.63, 3.8) is 0 Å². The van der Waals surface area contributed by atoms with E-state index < -0.39 is 0 Å². The van der Waals surface area contributed by atoms with Crippen LogP contribution in [0.1, 0.15) is 13.3 Å². The lowest BCUT2D eigenvalue weighted by Crippen LogP contribution is -2.43. The fourth-order valence-electron chi connectivity index (χ4n) is 2.39.